The Morgan fingerprint density at radius 2 is 2.11 bits per heavy atom. The lowest BCUT2D eigenvalue weighted by Crippen LogP contribution is -2.43. The van der Waals surface area contributed by atoms with Gasteiger partial charge in [0.1, 0.15) is 0 Å². The zero-order valence-corrected chi connectivity index (χ0v) is 12.7. The molecule has 0 aromatic heterocycles. The average molecular weight is 256 g/mol. The lowest BCUT2D eigenvalue weighted by molar-refractivity contribution is 0.112. The summed E-state index contributed by atoms with van der Waals surface area (Å²) in [4.78, 5) is 2.57. The Bertz CT molecular complexity index is 209. The lowest BCUT2D eigenvalue weighted by Gasteiger charge is -2.31. The number of ether oxygens (including phenoxy) is 1. The van der Waals surface area contributed by atoms with Crippen LogP contribution in [-0.4, -0.2) is 50.3 Å². The summed E-state index contributed by atoms with van der Waals surface area (Å²) in [5.74, 6) is 0.829. The fourth-order valence-corrected chi connectivity index (χ4v) is 2.92. The second-order valence-corrected chi connectivity index (χ2v) is 5.83. The molecule has 0 saturated heterocycles. The Morgan fingerprint density at radius 1 is 1.33 bits per heavy atom. The van der Waals surface area contributed by atoms with Crippen molar-refractivity contribution in [3.8, 4) is 0 Å². The van der Waals surface area contributed by atoms with E-state index in [0.29, 0.717) is 6.04 Å². The van der Waals surface area contributed by atoms with Gasteiger partial charge in [-0.25, -0.2) is 0 Å². The largest absolute Gasteiger partial charge is 0.383 e. The second-order valence-electron chi connectivity index (χ2n) is 5.83. The van der Waals surface area contributed by atoms with Crippen molar-refractivity contribution in [2.24, 2.45) is 5.92 Å². The van der Waals surface area contributed by atoms with Crippen LogP contribution in [0.15, 0.2) is 0 Å². The maximum absolute atomic E-state index is 5.22. The smallest absolute Gasteiger partial charge is 0.0589 e. The Labute approximate surface area is 113 Å². The maximum Gasteiger partial charge on any atom is 0.0589 e. The topological polar surface area (TPSA) is 24.5 Å². The summed E-state index contributed by atoms with van der Waals surface area (Å²) in [5.41, 5.74) is 0. The van der Waals surface area contributed by atoms with E-state index in [-0.39, 0.29) is 0 Å². The molecule has 1 saturated carbocycles. The van der Waals surface area contributed by atoms with Crippen molar-refractivity contribution in [1.29, 1.82) is 0 Å². The second kappa shape index (κ2) is 8.89. The van der Waals surface area contributed by atoms with E-state index in [1.165, 1.54) is 38.8 Å². The highest BCUT2D eigenvalue weighted by Gasteiger charge is 2.28. The molecule has 1 rings (SSSR count). The molecule has 0 bridgehead atoms. The van der Waals surface area contributed by atoms with Crippen molar-refractivity contribution >= 4 is 0 Å². The molecule has 1 fully saturated rings. The first-order chi connectivity index (χ1) is 8.69. The normalized spacial score (nSPS) is 24.3. The third-order valence-corrected chi connectivity index (χ3v) is 4.10. The highest BCUT2D eigenvalue weighted by atomic mass is 16.5. The van der Waals surface area contributed by atoms with E-state index in [9.17, 15) is 0 Å². The first kappa shape index (κ1) is 15.9. The molecule has 3 nitrogen and oxygen atoms in total. The lowest BCUT2D eigenvalue weighted by atomic mass is 10.0. The minimum atomic E-state index is 0.618. The Hall–Kier alpha value is -0.120. The summed E-state index contributed by atoms with van der Waals surface area (Å²) < 4.78 is 5.22. The molecular weight excluding hydrogens is 224 g/mol. The first-order valence-corrected chi connectivity index (χ1v) is 7.65. The molecule has 0 aromatic rings. The molecule has 0 amide bonds. The van der Waals surface area contributed by atoms with Crippen molar-refractivity contribution in [2.75, 3.05) is 33.4 Å². The van der Waals surface area contributed by atoms with E-state index in [1.807, 2.05) is 0 Å². The molecule has 2 unspecified atom stereocenters. The van der Waals surface area contributed by atoms with E-state index in [4.69, 9.17) is 4.74 Å². The van der Waals surface area contributed by atoms with Crippen molar-refractivity contribution in [2.45, 2.75) is 58.5 Å². The molecule has 0 aromatic carbocycles. The van der Waals surface area contributed by atoms with E-state index in [2.05, 4.69) is 31.0 Å². The van der Waals surface area contributed by atoms with Crippen LogP contribution in [0.4, 0.5) is 0 Å². The highest BCUT2D eigenvalue weighted by molar-refractivity contribution is 4.85. The highest BCUT2D eigenvalue weighted by Crippen LogP contribution is 2.27. The van der Waals surface area contributed by atoms with E-state index in [1.54, 1.807) is 7.11 Å². The summed E-state index contributed by atoms with van der Waals surface area (Å²) in [6.07, 6.45) is 5.38. The van der Waals surface area contributed by atoms with Gasteiger partial charge in [-0.3, -0.25) is 4.90 Å². The molecule has 1 aliphatic carbocycles. The van der Waals surface area contributed by atoms with Crippen LogP contribution in [0.5, 0.6) is 0 Å². The van der Waals surface area contributed by atoms with Crippen molar-refractivity contribution in [3.05, 3.63) is 0 Å². The van der Waals surface area contributed by atoms with Crippen molar-refractivity contribution < 1.29 is 4.74 Å². The zero-order valence-electron chi connectivity index (χ0n) is 12.7. The van der Waals surface area contributed by atoms with Gasteiger partial charge >= 0.3 is 0 Å². The standard InChI is InChI=1S/C15H32N2O/c1-5-9-16-15-8-6-7-14(15)12-17(13(2)3)10-11-18-4/h13-16H,5-12H2,1-4H3. The van der Waals surface area contributed by atoms with Gasteiger partial charge in [0.2, 0.25) is 0 Å². The molecule has 1 N–H and O–H groups in total. The van der Waals surface area contributed by atoms with Gasteiger partial charge in [0.05, 0.1) is 6.61 Å². The number of nitrogens with one attached hydrogen (secondary N) is 1. The molecule has 0 heterocycles. The number of hydrogen-bond donors (Lipinski definition) is 1. The van der Waals surface area contributed by atoms with Crippen LogP contribution in [0.2, 0.25) is 0 Å². The van der Waals surface area contributed by atoms with Crippen LogP contribution in [0.1, 0.15) is 46.5 Å². The fraction of sp³-hybridized carbons (Fsp3) is 1.00. The summed E-state index contributed by atoms with van der Waals surface area (Å²) >= 11 is 0. The first-order valence-electron chi connectivity index (χ1n) is 7.65. The average Bonchev–Trinajstić information content (AvgIpc) is 2.78. The number of methoxy groups -OCH3 is 1. The molecule has 18 heavy (non-hydrogen) atoms. The predicted octanol–water partition coefficient (Wildman–Crippen LogP) is 2.51. The monoisotopic (exact) mass is 256 g/mol. The van der Waals surface area contributed by atoms with Crippen LogP contribution in [0.25, 0.3) is 0 Å². The van der Waals surface area contributed by atoms with Gasteiger partial charge in [-0.2, -0.15) is 0 Å². The van der Waals surface area contributed by atoms with Gasteiger partial charge < -0.3 is 10.1 Å². The molecule has 0 aliphatic heterocycles. The van der Waals surface area contributed by atoms with E-state index in [0.717, 1.165) is 25.1 Å². The summed E-state index contributed by atoms with van der Waals surface area (Å²) in [7, 11) is 1.79. The van der Waals surface area contributed by atoms with E-state index >= 15 is 0 Å². The molecule has 3 heteroatoms. The number of hydrogen-bond acceptors (Lipinski definition) is 3. The summed E-state index contributed by atoms with van der Waals surface area (Å²) in [6.45, 7) is 11.1. The van der Waals surface area contributed by atoms with E-state index < -0.39 is 0 Å². The number of nitrogens with zero attached hydrogens (tertiary/aromatic N) is 1. The van der Waals surface area contributed by atoms with Crippen LogP contribution >= 0.6 is 0 Å². The van der Waals surface area contributed by atoms with Crippen LogP contribution in [0.3, 0.4) is 0 Å². The summed E-state index contributed by atoms with van der Waals surface area (Å²) in [5, 5.41) is 3.72. The minimum Gasteiger partial charge on any atom is -0.383 e. The molecule has 0 spiro atoms. The molecule has 2 atom stereocenters. The van der Waals surface area contributed by atoms with Gasteiger partial charge in [0.15, 0.2) is 0 Å². The fourth-order valence-electron chi connectivity index (χ4n) is 2.92. The van der Waals surface area contributed by atoms with Crippen molar-refractivity contribution in [3.63, 3.8) is 0 Å². The zero-order chi connectivity index (χ0) is 13.4. The third kappa shape index (κ3) is 5.25. The Morgan fingerprint density at radius 3 is 2.72 bits per heavy atom. The third-order valence-electron chi connectivity index (χ3n) is 4.10. The molecule has 108 valence electrons. The van der Waals surface area contributed by atoms with Crippen LogP contribution in [-0.2, 0) is 4.74 Å². The maximum atomic E-state index is 5.22. The van der Waals surface area contributed by atoms with Gasteiger partial charge in [-0.1, -0.05) is 13.3 Å². The van der Waals surface area contributed by atoms with Crippen LogP contribution in [0, 0.1) is 5.92 Å². The van der Waals surface area contributed by atoms with Crippen molar-refractivity contribution in [1.82, 2.24) is 10.2 Å². The predicted molar refractivity (Wildman–Crippen MR) is 78.0 cm³/mol. The molecular formula is C15H32N2O. The Kier molecular flexibility index (Phi) is 7.87. The van der Waals surface area contributed by atoms with Gasteiger partial charge in [-0.05, 0) is 45.6 Å². The number of rotatable bonds is 9. The Balaban J connectivity index is 2.40. The molecule has 0 radical (unpaired) electrons. The van der Waals surface area contributed by atoms with Gasteiger partial charge in [0, 0.05) is 32.3 Å². The van der Waals surface area contributed by atoms with Crippen LogP contribution < -0.4 is 5.32 Å². The van der Waals surface area contributed by atoms with Gasteiger partial charge in [0.25, 0.3) is 0 Å². The molecule has 1 aliphatic rings. The minimum absolute atomic E-state index is 0.618. The van der Waals surface area contributed by atoms with Gasteiger partial charge in [-0.15, -0.1) is 0 Å². The SMILES string of the molecule is CCCNC1CCCC1CN(CCOC)C(C)C. The summed E-state index contributed by atoms with van der Waals surface area (Å²) in [6, 6.07) is 1.36. The quantitative estimate of drug-likeness (QED) is 0.686.